The summed E-state index contributed by atoms with van der Waals surface area (Å²) in [4.78, 5) is 11.9. The number of benzene rings is 1. The van der Waals surface area contributed by atoms with Gasteiger partial charge in [-0.3, -0.25) is 0 Å². The molecule has 1 rings (SSSR count). The third-order valence-corrected chi connectivity index (χ3v) is 10.1. The van der Waals surface area contributed by atoms with E-state index in [1.165, 1.54) is 81.6 Å². The first-order chi connectivity index (χ1) is 12.1. The molecule has 25 heavy (non-hydrogen) atoms. The monoisotopic (exact) mass is 365 g/mol. The van der Waals surface area contributed by atoms with Crippen LogP contribution in [0.15, 0.2) is 24.3 Å². The Balaban J connectivity index is 3.21. The van der Waals surface area contributed by atoms with Crippen LogP contribution in [0.5, 0.6) is 0 Å². The van der Waals surface area contributed by atoms with Crippen LogP contribution in [0.1, 0.15) is 88.9 Å². The molecule has 0 aliphatic carbocycles. The standard InChI is InChI=1S/C22H37O2P/c1-4-7-12-17-25(18-13-8-5-2,19-14-9-6-3)21-16-11-10-15-20(21)22(23)24/h10-11,15-16H,4-9,12-14,17-19H2,1-3H3/p+1. The van der Waals surface area contributed by atoms with Crippen LogP contribution < -0.4 is 5.30 Å². The lowest BCUT2D eigenvalue weighted by molar-refractivity contribution is 0.0698. The van der Waals surface area contributed by atoms with Crippen molar-refractivity contribution >= 4 is 18.5 Å². The van der Waals surface area contributed by atoms with Gasteiger partial charge in [0.15, 0.2) is 0 Å². The van der Waals surface area contributed by atoms with Crippen molar-refractivity contribution < 1.29 is 9.90 Å². The minimum absolute atomic E-state index is 0.570. The zero-order chi connectivity index (χ0) is 18.5. The average Bonchev–Trinajstić information content (AvgIpc) is 2.62. The van der Waals surface area contributed by atoms with Gasteiger partial charge in [0.05, 0.1) is 18.5 Å². The summed E-state index contributed by atoms with van der Waals surface area (Å²) in [6.45, 7) is 6.75. The van der Waals surface area contributed by atoms with Crippen molar-refractivity contribution in [2.75, 3.05) is 18.5 Å². The molecule has 0 spiro atoms. The van der Waals surface area contributed by atoms with E-state index in [4.69, 9.17) is 0 Å². The summed E-state index contributed by atoms with van der Waals surface area (Å²) in [5.74, 6) is -0.749. The lowest BCUT2D eigenvalue weighted by Gasteiger charge is -2.29. The molecule has 0 atom stereocenters. The van der Waals surface area contributed by atoms with Crippen molar-refractivity contribution in [3.8, 4) is 0 Å². The van der Waals surface area contributed by atoms with Gasteiger partial charge >= 0.3 is 5.97 Å². The van der Waals surface area contributed by atoms with Crippen molar-refractivity contribution in [1.82, 2.24) is 0 Å². The summed E-state index contributed by atoms with van der Waals surface area (Å²) >= 11 is 0. The van der Waals surface area contributed by atoms with Crippen LogP contribution in [-0.4, -0.2) is 29.6 Å². The summed E-state index contributed by atoms with van der Waals surface area (Å²) in [6.07, 6.45) is 14.9. The molecule has 0 radical (unpaired) electrons. The van der Waals surface area contributed by atoms with E-state index in [1.54, 1.807) is 0 Å². The van der Waals surface area contributed by atoms with Crippen LogP contribution in [0.3, 0.4) is 0 Å². The van der Waals surface area contributed by atoms with Crippen LogP contribution in [0.25, 0.3) is 0 Å². The average molecular weight is 366 g/mol. The minimum Gasteiger partial charge on any atom is -0.478 e. The predicted molar refractivity (Wildman–Crippen MR) is 113 cm³/mol. The number of hydrogen-bond acceptors (Lipinski definition) is 1. The van der Waals surface area contributed by atoms with E-state index < -0.39 is 13.2 Å². The smallest absolute Gasteiger partial charge is 0.339 e. The molecule has 0 unspecified atom stereocenters. The van der Waals surface area contributed by atoms with Gasteiger partial charge in [0.25, 0.3) is 0 Å². The second kappa shape index (κ2) is 12.5. The van der Waals surface area contributed by atoms with Gasteiger partial charge in [-0.15, -0.1) is 0 Å². The maximum atomic E-state index is 11.9. The third kappa shape index (κ3) is 7.10. The van der Waals surface area contributed by atoms with Crippen molar-refractivity contribution in [3.63, 3.8) is 0 Å². The molecule has 0 bridgehead atoms. The van der Waals surface area contributed by atoms with Crippen molar-refractivity contribution in [3.05, 3.63) is 29.8 Å². The van der Waals surface area contributed by atoms with E-state index in [2.05, 4.69) is 32.9 Å². The largest absolute Gasteiger partial charge is 0.478 e. The van der Waals surface area contributed by atoms with Gasteiger partial charge in [-0.2, -0.15) is 0 Å². The molecule has 3 heteroatoms. The number of carboxylic acids is 1. The summed E-state index contributed by atoms with van der Waals surface area (Å²) in [7, 11) is -1.41. The van der Waals surface area contributed by atoms with Gasteiger partial charge in [0, 0.05) is 7.26 Å². The van der Waals surface area contributed by atoms with Crippen LogP contribution in [0.2, 0.25) is 0 Å². The van der Waals surface area contributed by atoms with Crippen LogP contribution in [0.4, 0.5) is 0 Å². The SMILES string of the molecule is CCCCC[P+](CCCCC)(CCCCC)c1ccccc1C(=O)O. The van der Waals surface area contributed by atoms with E-state index in [1.807, 2.05) is 12.1 Å². The number of carboxylic acid groups (broad SMARTS) is 1. The van der Waals surface area contributed by atoms with Crippen LogP contribution in [0, 0.1) is 0 Å². The predicted octanol–water partition coefficient (Wildman–Crippen LogP) is 6.60. The second-order valence-corrected chi connectivity index (χ2v) is 11.4. The summed E-state index contributed by atoms with van der Waals surface area (Å²) in [5.41, 5.74) is 0.570. The van der Waals surface area contributed by atoms with Crippen molar-refractivity contribution in [2.24, 2.45) is 0 Å². The first kappa shape index (κ1) is 22.2. The Kier molecular flexibility index (Phi) is 11.1. The molecule has 0 aliphatic heterocycles. The zero-order valence-corrected chi connectivity index (χ0v) is 17.5. The molecule has 0 aliphatic rings. The highest BCUT2D eigenvalue weighted by Gasteiger charge is 2.41. The molecule has 2 nitrogen and oxygen atoms in total. The summed E-state index contributed by atoms with van der Waals surface area (Å²) in [6, 6.07) is 7.90. The highest BCUT2D eigenvalue weighted by molar-refractivity contribution is 7.83. The molecule has 0 fully saturated rings. The molecule has 1 aromatic rings. The molecule has 0 heterocycles. The maximum Gasteiger partial charge on any atom is 0.339 e. The van der Waals surface area contributed by atoms with Crippen LogP contribution >= 0.6 is 7.26 Å². The molecular formula is C22H38O2P+. The number of hydrogen-bond donors (Lipinski definition) is 1. The molecule has 0 saturated carbocycles. The molecule has 0 amide bonds. The van der Waals surface area contributed by atoms with E-state index in [9.17, 15) is 9.90 Å². The zero-order valence-electron chi connectivity index (χ0n) is 16.6. The number of rotatable bonds is 14. The first-order valence-corrected chi connectivity index (χ1v) is 12.6. The van der Waals surface area contributed by atoms with Gasteiger partial charge in [0.1, 0.15) is 10.9 Å². The number of aromatic carboxylic acids is 1. The summed E-state index contributed by atoms with van der Waals surface area (Å²) < 4.78 is 0. The Bertz CT molecular complexity index is 472. The fourth-order valence-electron chi connectivity index (χ4n) is 3.76. The minimum atomic E-state index is -1.41. The van der Waals surface area contributed by atoms with Crippen molar-refractivity contribution in [2.45, 2.75) is 78.6 Å². The molecule has 142 valence electrons. The fraction of sp³-hybridized carbons (Fsp3) is 0.682. The van der Waals surface area contributed by atoms with Gasteiger partial charge in [-0.1, -0.05) is 71.4 Å². The van der Waals surface area contributed by atoms with Gasteiger partial charge in [-0.25, -0.2) is 4.79 Å². The van der Waals surface area contributed by atoms with Gasteiger partial charge in [0.2, 0.25) is 0 Å². The Morgan fingerprint density at radius 3 is 1.64 bits per heavy atom. The fourth-order valence-corrected chi connectivity index (χ4v) is 8.72. The second-order valence-electron chi connectivity index (χ2n) is 7.26. The Morgan fingerprint density at radius 2 is 1.24 bits per heavy atom. The van der Waals surface area contributed by atoms with Crippen molar-refractivity contribution in [1.29, 1.82) is 0 Å². The van der Waals surface area contributed by atoms with E-state index in [-0.39, 0.29) is 0 Å². The Labute approximate surface area is 155 Å². The first-order valence-electron chi connectivity index (χ1n) is 10.3. The Hall–Kier alpha value is -0.880. The van der Waals surface area contributed by atoms with Gasteiger partial charge in [-0.05, 0) is 31.4 Å². The number of unbranched alkanes of at least 4 members (excludes halogenated alkanes) is 6. The highest BCUT2D eigenvalue weighted by atomic mass is 31.2. The normalized spacial score (nSPS) is 11.6. The Morgan fingerprint density at radius 1 is 0.800 bits per heavy atom. The third-order valence-electron chi connectivity index (χ3n) is 5.21. The topological polar surface area (TPSA) is 37.3 Å². The lowest BCUT2D eigenvalue weighted by Crippen LogP contribution is -2.26. The highest BCUT2D eigenvalue weighted by Crippen LogP contribution is 2.60. The maximum absolute atomic E-state index is 11.9. The van der Waals surface area contributed by atoms with Crippen LogP contribution in [-0.2, 0) is 0 Å². The lowest BCUT2D eigenvalue weighted by atomic mass is 10.2. The molecule has 1 aromatic carbocycles. The van der Waals surface area contributed by atoms with Gasteiger partial charge < -0.3 is 5.11 Å². The molecule has 0 saturated heterocycles. The number of carbonyl (C=O) groups is 1. The quantitative estimate of drug-likeness (QED) is 0.298. The molecule has 1 N–H and O–H groups in total. The summed E-state index contributed by atoms with van der Waals surface area (Å²) in [5, 5.41) is 11.0. The molecule has 0 aromatic heterocycles. The van der Waals surface area contributed by atoms with E-state index in [0.717, 1.165) is 0 Å². The van der Waals surface area contributed by atoms with E-state index in [0.29, 0.717) is 5.56 Å². The molecular weight excluding hydrogens is 327 g/mol. The van der Waals surface area contributed by atoms with E-state index >= 15 is 0 Å².